The van der Waals surface area contributed by atoms with Crippen LogP contribution in [0, 0.1) is 5.82 Å². The number of nitrogens with zero attached hydrogens (tertiary/aromatic N) is 2. The number of hydrogen-bond donors (Lipinski definition) is 1. The van der Waals surface area contributed by atoms with Crippen molar-refractivity contribution in [3.63, 3.8) is 0 Å². The summed E-state index contributed by atoms with van der Waals surface area (Å²) in [7, 11) is 0. The first-order valence-corrected chi connectivity index (χ1v) is 5.81. The van der Waals surface area contributed by atoms with Crippen LogP contribution in [0.2, 0.25) is 5.02 Å². The van der Waals surface area contributed by atoms with Crippen LogP contribution in [0.4, 0.5) is 10.1 Å². The van der Waals surface area contributed by atoms with E-state index in [4.69, 9.17) is 22.1 Å². The van der Waals surface area contributed by atoms with Crippen molar-refractivity contribution in [2.75, 3.05) is 5.73 Å². The van der Waals surface area contributed by atoms with E-state index < -0.39 is 5.82 Å². The Morgan fingerprint density at radius 3 is 2.78 bits per heavy atom. The minimum absolute atomic E-state index is 0.0320. The Bertz CT molecular complexity index is 568. The van der Waals surface area contributed by atoms with E-state index in [0.717, 1.165) is 6.07 Å². The molecule has 2 rings (SSSR count). The van der Waals surface area contributed by atoms with Gasteiger partial charge in [-0.2, -0.15) is 5.10 Å². The maximum Gasteiger partial charge on any atom is 0.165 e. The molecule has 96 valence electrons. The Labute approximate surface area is 109 Å². The fourth-order valence-corrected chi connectivity index (χ4v) is 1.57. The first-order chi connectivity index (χ1) is 8.47. The molecule has 2 aromatic rings. The number of nitrogens with two attached hydrogens (primary N) is 1. The normalized spacial score (nSPS) is 10.9. The second-order valence-electron chi connectivity index (χ2n) is 4.16. The molecule has 0 bridgehead atoms. The summed E-state index contributed by atoms with van der Waals surface area (Å²) in [4.78, 5) is 0. The molecule has 0 aliphatic heterocycles. The lowest BCUT2D eigenvalue weighted by molar-refractivity contribution is 0.477. The van der Waals surface area contributed by atoms with Crippen molar-refractivity contribution >= 4 is 17.3 Å². The number of nitrogen functional groups attached to an aromatic ring is 1. The van der Waals surface area contributed by atoms with Gasteiger partial charge in [-0.05, 0) is 13.8 Å². The van der Waals surface area contributed by atoms with Gasteiger partial charge in [0.25, 0.3) is 0 Å². The maximum atomic E-state index is 13.1. The van der Waals surface area contributed by atoms with Crippen LogP contribution in [0.25, 0.3) is 0 Å². The Morgan fingerprint density at radius 2 is 2.17 bits per heavy atom. The number of rotatable bonds is 3. The molecule has 6 heteroatoms. The first-order valence-electron chi connectivity index (χ1n) is 5.44. The summed E-state index contributed by atoms with van der Waals surface area (Å²) in [5.74, 6) is 0.266. The lowest BCUT2D eigenvalue weighted by Crippen LogP contribution is -1.99. The van der Waals surface area contributed by atoms with Gasteiger partial charge in [-0.25, -0.2) is 4.39 Å². The maximum absolute atomic E-state index is 13.1. The van der Waals surface area contributed by atoms with E-state index >= 15 is 0 Å². The molecule has 2 N–H and O–H groups in total. The molecule has 4 nitrogen and oxygen atoms in total. The molecule has 0 aliphatic rings. The fourth-order valence-electron chi connectivity index (χ4n) is 1.42. The van der Waals surface area contributed by atoms with Crippen LogP contribution in [-0.4, -0.2) is 9.78 Å². The largest absolute Gasteiger partial charge is 0.452 e. The van der Waals surface area contributed by atoms with E-state index in [2.05, 4.69) is 5.10 Å². The summed E-state index contributed by atoms with van der Waals surface area (Å²) in [6.07, 6.45) is 3.30. The zero-order valence-corrected chi connectivity index (χ0v) is 10.8. The highest BCUT2D eigenvalue weighted by molar-refractivity contribution is 6.31. The summed E-state index contributed by atoms with van der Waals surface area (Å²) in [5.41, 5.74) is 5.84. The average molecular weight is 270 g/mol. The minimum Gasteiger partial charge on any atom is -0.452 e. The molecule has 18 heavy (non-hydrogen) atoms. The van der Waals surface area contributed by atoms with Crippen molar-refractivity contribution in [1.29, 1.82) is 0 Å². The number of benzene rings is 1. The Balaban J connectivity index is 2.25. The van der Waals surface area contributed by atoms with Crippen LogP contribution < -0.4 is 10.5 Å². The molecule has 0 radical (unpaired) electrons. The van der Waals surface area contributed by atoms with Crippen LogP contribution in [0.5, 0.6) is 11.5 Å². The highest BCUT2D eigenvalue weighted by atomic mass is 35.5. The lowest BCUT2D eigenvalue weighted by Gasteiger charge is -2.07. The third kappa shape index (κ3) is 2.56. The first kappa shape index (κ1) is 12.7. The van der Waals surface area contributed by atoms with E-state index in [1.807, 2.05) is 13.8 Å². The predicted molar refractivity (Wildman–Crippen MR) is 68.5 cm³/mol. The predicted octanol–water partition coefficient (Wildman–Crippen LogP) is 3.63. The van der Waals surface area contributed by atoms with Crippen molar-refractivity contribution in [3.05, 3.63) is 35.4 Å². The zero-order chi connectivity index (χ0) is 13.3. The smallest absolute Gasteiger partial charge is 0.165 e. The van der Waals surface area contributed by atoms with Gasteiger partial charge < -0.3 is 10.5 Å². The molecule has 0 saturated carbocycles. The molecule has 1 aromatic heterocycles. The van der Waals surface area contributed by atoms with E-state index in [-0.39, 0.29) is 16.8 Å². The van der Waals surface area contributed by atoms with E-state index in [1.165, 1.54) is 6.07 Å². The molecule has 0 fully saturated rings. The van der Waals surface area contributed by atoms with Gasteiger partial charge in [-0.3, -0.25) is 4.68 Å². The standard InChI is InChI=1S/C12H13ClFN3O/c1-7(2)17-6-8(5-16-17)18-12-3-9(13)10(14)4-11(12)15/h3-7H,15H2,1-2H3. The number of halogens is 2. The lowest BCUT2D eigenvalue weighted by atomic mass is 10.3. The molecule has 0 saturated heterocycles. The van der Waals surface area contributed by atoms with Gasteiger partial charge in [-0.15, -0.1) is 0 Å². The van der Waals surface area contributed by atoms with Gasteiger partial charge in [0.15, 0.2) is 11.5 Å². The third-order valence-corrected chi connectivity index (χ3v) is 2.68. The van der Waals surface area contributed by atoms with Gasteiger partial charge in [-0.1, -0.05) is 11.6 Å². The molecule has 0 aliphatic carbocycles. The Hall–Kier alpha value is -1.75. The highest BCUT2D eigenvalue weighted by Gasteiger charge is 2.10. The Kier molecular flexibility index (Phi) is 3.43. The van der Waals surface area contributed by atoms with Crippen molar-refractivity contribution in [2.24, 2.45) is 0 Å². The van der Waals surface area contributed by atoms with Crippen LogP contribution in [0.15, 0.2) is 24.5 Å². The van der Waals surface area contributed by atoms with Crippen LogP contribution in [0.3, 0.4) is 0 Å². The zero-order valence-electron chi connectivity index (χ0n) is 10.0. The number of ether oxygens (including phenoxy) is 1. The third-order valence-electron chi connectivity index (χ3n) is 2.39. The quantitative estimate of drug-likeness (QED) is 0.866. The van der Waals surface area contributed by atoms with E-state index in [9.17, 15) is 4.39 Å². The van der Waals surface area contributed by atoms with Gasteiger partial charge in [0, 0.05) is 18.2 Å². The molecule has 0 atom stereocenters. The van der Waals surface area contributed by atoms with Crippen molar-refractivity contribution in [2.45, 2.75) is 19.9 Å². The Morgan fingerprint density at radius 1 is 1.44 bits per heavy atom. The summed E-state index contributed by atoms with van der Waals surface area (Å²) in [5, 5.41) is 4.09. The summed E-state index contributed by atoms with van der Waals surface area (Å²) >= 11 is 5.68. The molecule has 0 unspecified atom stereocenters. The van der Waals surface area contributed by atoms with Crippen LogP contribution >= 0.6 is 11.6 Å². The SMILES string of the molecule is CC(C)n1cc(Oc2cc(Cl)c(F)cc2N)cn1. The molecule has 1 aromatic carbocycles. The molecule has 1 heterocycles. The number of hydrogen-bond acceptors (Lipinski definition) is 3. The summed E-state index contributed by atoms with van der Waals surface area (Å²) in [6.45, 7) is 4.00. The minimum atomic E-state index is -0.570. The topological polar surface area (TPSA) is 53.1 Å². The molecular weight excluding hydrogens is 257 g/mol. The highest BCUT2D eigenvalue weighted by Crippen LogP contribution is 2.32. The fraction of sp³-hybridized carbons (Fsp3) is 0.250. The van der Waals surface area contributed by atoms with Crippen molar-refractivity contribution in [3.8, 4) is 11.5 Å². The van der Waals surface area contributed by atoms with Gasteiger partial charge in [0.05, 0.1) is 23.1 Å². The van der Waals surface area contributed by atoms with Crippen LogP contribution in [0.1, 0.15) is 19.9 Å². The number of anilines is 1. The molecular formula is C12H13ClFN3O. The summed E-state index contributed by atoms with van der Waals surface area (Å²) < 4.78 is 20.4. The second kappa shape index (κ2) is 4.86. The average Bonchev–Trinajstić information content (AvgIpc) is 2.74. The van der Waals surface area contributed by atoms with Crippen LogP contribution in [-0.2, 0) is 0 Å². The van der Waals surface area contributed by atoms with Gasteiger partial charge >= 0.3 is 0 Å². The van der Waals surface area contributed by atoms with Gasteiger partial charge in [0.2, 0.25) is 0 Å². The van der Waals surface area contributed by atoms with Gasteiger partial charge in [0.1, 0.15) is 5.82 Å². The van der Waals surface area contributed by atoms with E-state index in [1.54, 1.807) is 17.1 Å². The monoisotopic (exact) mass is 269 g/mol. The van der Waals surface area contributed by atoms with E-state index in [0.29, 0.717) is 11.5 Å². The number of aromatic nitrogens is 2. The van der Waals surface area contributed by atoms with Crippen molar-refractivity contribution < 1.29 is 9.13 Å². The molecule has 0 amide bonds. The van der Waals surface area contributed by atoms with Crippen molar-refractivity contribution in [1.82, 2.24) is 9.78 Å². The summed E-state index contributed by atoms with van der Waals surface area (Å²) in [6, 6.07) is 2.71. The second-order valence-corrected chi connectivity index (χ2v) is 4.56. The molecule has 0 spiro atoms.